The van der Waals surface area contributed by atoms with Crippen molar-refractivity contribution in [2.75, 3.05) is 13.6 Å². The van der Waals surface area contributed by atoms with Crippen LogP contribution in [-0.4, -0.2) is 18.6 Å². The molecule has 0 amide bonds. The predicted octanol–water partition coefficient (Wildman–Crippen LogP) is 3.51. The average Bonchev–Trinajstić information content (AvgIpc) is 2.82. The van der Waals surface area contributed by atoms with Gasteiger partial charge in [0.15, 0.2) is 0 Å². The third-order valence-corrected chi connectivity index (χ3v) is 4.94. The lowest BCUT2D eigenvalue weighted by molar-refractivity contribution is 0.522. The molecule has 1 aliphatic rings. The van der Waals surface area contributed by atoms with Gasteiger partial charge in [0.25, 0.3) is 0 Å². The molecule has 0 bridgehead atoms. The molecule has 3 rings (SSSR count). The highest BCUT2D eigenvalue weighted by atomic mass is 32.1. The molecular formula is C16H19FN2S. The Kier molecular flexibility index (Phi) is 4.13. The highest BCUT2D eigenvalue weighted by Gasteiger charge is 2.24. The van der Waals surface area contributed by atoms with E-state index in [0.717, 1.165) is 30.0 Å². The topological polar surface area (TPSA) is 24.9 Å². The second-order valence-corrected chi connectivity index (χ2v) is 6.54. The van der Waals surface area contributed by atoms with Crippen molar-refractivity contribution in [1.29, 1.82) is 0 Å². The fourth-order valence-electron chi connectivity index (χ4n) is 2.90. The van der Waals surface area contributed by atoms with Crippen LogP contribution in [0, 0.1) is 5.82 Å². The number of nitrogens with zero attached hydrogens (tertiary/aromatic N) is 1. The molecular weight excluding hydrogens is 271 g/mol. The summed E-state index contributed by atoms with van der Waals surface area (Å²) in [5.74, 6) is 0.373. The number of rotatable bonds is 4. The number of thiazole rings is 1. The molecule has 20 heavy (non-hydrogen) atoms. The number of hydrogen-bond donors (Lipinski definition) is 1. The SMILES string of the molecule is CNCC1CCCc2sc(Cc3cccc(F)c3)nc21. The minimum Gasteiger partial charge on any atom is -0.319 e. The Morgan fingerprint density at radius 3 is 3.15 bits per heavy atom. The Morgan fingerprint density at radius 2 is 2.35 bits per heavy atom. The molecule has 1 heterocycles. The summed E-state index contributed by atoms with van der Waals surface area (Å²) < 4.78 is 13.2. The molecule has 2 nitrogen and oxygen atoms in total. The van der Waals surface area contributed by atoms with Crippen LogP contribution in [-0.2, 0) is 12.8 Å². The number of benzene rings is 1. The third-order valence-electron chi connectivity index (χ3n) is 3.81. The maximum absolute atomic E-state index is 13.2. The van der Waals surface area contributed by atoms with E-state index in [1.807, 2.05) is 13.1 Å². The first-order valence-corrected chi connectivity index (χ1v) is 7.95. The standard InChI is InChI=1S/C16H19FN2S/c1-18-10-12-5-3-7-14-16(12)19-15(20-14)9-11-4-2-6-13(17)8-11/h2,4,6,8,12,18H,3,5,7,9-10H2,1H3. The van der Waals surface area contributed by atoms with Gasteiger partial charge >= 0.3 is 0 Å². The predicted molar refractivity (Wildman–Crippen MR) is 80.9 cm³/mol. The lowest BCUT2D eigenvalue weighted by atomic mass is 9.91. The fraction of sp³-hybridized carbons (Fsp3) is 0.438. The zero-order valence-corrected chi connectivity index (χ0v) is 12.5. The van der Waals surface area contributed by atoms with E-state index in [0.29, 0.717) is 5.92 Å². The van der Waals surface area contributed by atoms with Crippen LogP contribution < -0.4 is 5.32 Å². The maximum Gasteiger partial charge on any atom is 0.123 e. The highest BCUT2D eigenvalue weighted by Crippen LogP contribution is 2.35. The van der Waals surface area contributed by atoms with Crippen molar-refractivity contribution in [3.63, 3.8) is 0 Å². The highest BCUT2D eigenvalue weighted by molar-refractivity contribution is 7.11. The molecule has 4 heteroatoms. The number of likely N-dealkylation sites (N-methyl/N-ethyl adjacent to an activating group) is 1. The average molecular weight is 290 g/mol. The van der Waals surface area contributed by atoms with Crippen LogP contribution in [0.3, 0.4) is 0 Å². The summed E-state index contributed by atoms with van der Waals surface area (Å²) in [6, 6.07) is 6.82. The fourth-order valence-corrected chi connectivity index (χ4v) is 4.13. The Balaban J connectivity index is 1.82. The van der Waals surface area contributed by atoms with Gasteiger partial charge in [-0.25, -0.2) is 9.37 Å². The molecule has 1 aliphatic carbocycles. The van der Waals surface area contributed by atoms with Gasteiger partial charge in [0.2, 0.25) is 0 Å². The van der Waals surface area contributed by atoms with E-state index in [1.165, 1.54) is 29.5 Å². The van der Waals surface area contributed by atoms with E-state index >= 15 is 0 Å². The van der Waals surface area contributed by atoms with Crippen LogP contribution in [0.4, 0.5) is 4.39 Å². The van der Waals surface area contributed by atoms with Gasteiger partial charge in [-0.1, -0.05) is 12.1 Å². The molecule has 0 saturated carbocycles. The van der Waals surface area contributed by atoms with Gasteiger partial charge in [-0.05, 0) is 44.0 Å². The van der Waals surface area contributed by atoms with E-state index in [2.05, 4.69) is 5.32 Å². The summed E-state index contributed by atoms with van der Waals surface area (Å²) in [5.41, 5.74) is 2.28. The molecule has 106 valence electrons. The minimum atomic E-state index is -0.170. The maximum atomic E-state index is 13.2. The van der Waals surface area contributed by atoms with Gasteiger partial charge in [0.05, 0.1) is 10.7 Å². The van der Waals surface area contributed by atoms with Crippen LogP contribution in [0.25, 0.3) is 0 Å². The van der Waals surface area contributed by atoms with Gasteiger partial charge < -0.3 is 5.32 Å². The first-order chi connectivity index (χ1) is 9.76. The second-order valence-electron chi connectivity index (χ2n) is 5.37. The van der Waals surface area contributed by atoms with Crippen molar-refractivity contribution in [2.24, 2.45) is 0 Å². The number of aryl methyl sites for hydroxylation is 1. The Morgan fingerprint density at radius 1 is 1.45 bits per heavy atom. The van der Waals surface area contributed by atoms with E-state index in [1.54, 1.807) is 23.5 Å². The van der Waals surface area contributed by atoms with Crippen molar-refractivity contribution in [2.45, 2.75) is 31.6 Å². The van der Waals surface area contributed by atoms with Crippen molar-refractivity contribution in [3.05, 3.63) is 51.2 Å². The normalized spacial score (nSPS) is 18.0. The summed E-state index contributed by atoms with van der Waals surface area (Å²) in [5, 5.41) is 4.37. The molecule has 1 unspecified atom stereocenters. The van der Waals surface area contributed by atoms with Gasteiger partial charge in [0, 0.05) is 23.8 Å². The molecule has 0 fully saturated rings. The summed E-state index contributed by atoms with van der Waals surface area (Å²) in [6.45, 7) is 0.996. The lowest BCUT2D eigenvalue weighted by Gasteiger charge is -2.20. The Hall–Kier alpha value is -1.26. The van der Waals surface area contributed by atoms with E-state index in [9.17, 15) is 4.39 Å². The number of aromatic nitrogens is 1. The smallest absolute Gasteiger partial charge is 0.123 e. The monoisotopic (exact) mass is 290 g/mol. The summed E-state index contributed by atoms with van der Waals surface area (Å²) in [7, 11) is 1.99. The van der Waals surface area contributed by atoms with Crippen LogP contribution in [0.15, 0.2) is 24.3 Å². The molecule has 1 aromatic heterocycles. The van der Waals surface area contributed by atoms with Crippen LogP contribution >= 0.6 is 11.3 Å². The lowest BCUT2D eigenvalue weighted by Crippen LogP contribution is -2.21. The van der Waals surface area contributed by atoms with Crippen LogP contribution in [0.5, 0.6) is 0 Å². The van der Waals surface area contributed by atoms with Crippen LogP contribution in [0.1, 0.15) is 39.9 Å². The summed E-state index contributed by atoms with van der Waals surface area (Å²) in [4.78, 5) is 6.27. The van der Waals surface area contributed by atoms with Gasteiger partial charge in [-0.2, -0.15) is 0 Å². The van der Waals surface area contributed by atoms with Gasteiger partial charge in [0.1, 0.15) is 5.82 Å². The molecule has 1 N–H and O–H groups in total. The number of hydrogen-bond acceptors (Lipinski definition) is 3. The van der Waals surface area contributed by atoms with Crippen molar-refractivity contribution < 1.29 is 4.39 Å². The molecule has 0 aliphatic heterocycles. The molecule has 1 atom stereocenters. The zero-order valence-electron chi connectivity index (χ0n) is 11.7. The van der Waals surface area contributed by atoms with E-state index in [4.69, 9.17) is 4.98 Å². The molecule has 2 aromatic rings. The zero-order chi connectivity index (χ0) is 13.9. The van der Waals surface area contributed by atoms with Gasteiger partial charge in [-0.15, -0.1) is 11.3 Å². The summed E-state index contributed by atoms with van der Waals surface area (Å²) >= 11 is 1.80. The van der Waals surface area contributed by atoms with Gasteiger partial charge in [-0.3, -0.25) is 0 Å². The Bertz CT molecular complexity index is 594. The second kappa shape index (κ2) is 6.02. The first-order valence-electron chi connectivity index (χ1n) is 7.14. The molecule has 0 spiro atoms. The van der Waals surface area contributed by atoms with Crippen molar-refractivity contribution in [1.82, 2.24) is 10.3 Å². The quantitative estimate of drug-likeness (QED) is 0.932. The molecule has 0 radical (unpaired) electrons. The largest absolute Gasteiger partial charge is 0.319 e. The number of fused-ring (bicyclic) bond motifs is 1. The van der Waals surface area contributed by atoms with Crippen LogP contribution in [0.2, 0.25) is 0 Å². The van der Waals surface area contributed by atoms with Crippen molar-refractivity contribution >= 4 is 11.3 Å². The molecule has 1 aromatic carbocycles. The van der Waals surface area contributed by atoms with Crippen molar-refractivity contribution in [3.8, 4) is 0 Å². The minimum absolute atomic E-state index is 0.170. The third kappa shape index (κ3) is 2.91. The van der Waals surface area contributed by atoms with E-state index in [-0.39, 0.29) is 5.82 Å². The summed E-state index contributed by atoms with van der Waals surface area (Å²) in [6.07, 6.45) is 4.36. The number of halogens is 1. The number of nitrogens with one attached hydrogen (secondary N) is 1. The van der Waals surface area contributed by atoms with E-state index < -0.39 is 0 Å². The molecule has 0 saturated heterocycles. The first kappa shape index (κ1) is 13.7. The Labute approximate surface area is 123 Å².